The van der Waals surface area contributed by atoms with E-state index in [9.17, 15) is 26.3 Å². The minimum atomic E-state index is -4.65. The fourth-order valence-electron chi connectivity index (χ4n) is 4.22. The van der Waals surface area contributed by atoms with E-state index in [1.165, 1.54) is 6.07 Å². The molecule has 0 aliphatic carbocycles. The number of alkyl halides is 6. The lowest BCUT2D eigenvalue weighted by Crippen LogP contribution is -2.50. The normalized spacial score (nSPS) is 20.0. The van der Waals surface area contributed by atoms with E-state index in [0.717, 1.165) is 24.1 Å². The highest BCUT2D eigenvalue weighted by atomic mass is 19.4. The second kappa shape index (κ2) is 7.85. The van der Waals surface area contributed by atoms with Gasteiger partial charge in [0, 0.05) is 44.5 Å². The summed E-state index contributed by atoms with van der Waals surface area (Å²) in [4.78, 5) is 10.5. The molecule has 2 aliphatic rings. The Morgan fingerprint density at radius 1 is 0.935 bits per heavy atom. The van der Waals surface area contributed by atoms with Gasteiger partial charge in [-0.25, -0.2) is 9.97 Å². The van der Waals surface area contributed by atoms with Crippen molar-refractivity contribution in [2.75, 3.05) is 36.0 Å². The fourth-order valence-corrected chi connectivity index (χ4v) is 4.22. The molecule has 31 heavy (non-hydrogen) atoms. The topological polar surface area (TPSA) is 44.3 Å². The number of hydrogen-bond acceptors (Lipinski definition) is 5. The molecule has 0 bridgehead atoms. The summed E-state index contributed by atoms with van der Waals surface area (Å²) in [6, 6.07) is 2.83. The molecule has 2 aromatic rings. The number of rotatable bonds is 2. The molecule has 5 nitrogen and oxygen atoms in total. The SMILES string of the molecule is CC1CN(c2ccc(C(F)(F)F)c3c2CN(c2cnc(C(F)(F)F)nc2)CC3)CCN1. The summed E-state index contributed by atoms with van der Waals surface area (Å²) in [5, 5.41) is 3.31. The lowest BCUT2D eigenvalue weighted by Gasteiger charge is -2.39. The van der Waals surface area contributed by atoms with Gasteiger partial charge >= 0.3 is 12.4 Å². The standard InChI is InChI=1S/C20H21F6N5/c1-12-10-31(7-5-27-12)17-3-2-16(19(21,22)23)14-4-6-30(11-15(14)17)13-8-28-18(29-9-13)20(24,25)26/h2-3,8-9,12,27H,4-7,10-11H2,1H3. The number of nitrogens with zero attached hydrogens (tertiary/aromatic N) is 4. The van der Waals surface area contributed by atoms with Crippen LogP contribution in [0.4, 0.5) is 37.7 Å². The van der Waals surface area contributed by atoms with Crippen LogP contribution in [0.15, 0.2) is 24.5 Å². The summed E-state index contributed by atoms with van der Waals surface area (Å²) >= 11 is 0. The van der Waals surface area contributed by atoms with Gasteiger partial charge in [-0.05, 0) is 36.6 Å². The van der Waals surface area contributed by atoms with Crippen LogP contribution in [0.5, 0.6) is 0 Å². The first-order valence-corrected chi connectivity index (χ1v) is 9.88. The van der Waals surface area contributed by atoms with E-state index in [0.29, 0.717) is 30.9 Å². The van der Waals surface area contributed by atoms with Gasteiger partial charge in [0.1, 0.15) is 0 Å². The monoisotopic (exact) mass is 445 g/mol. The second-order valence-corrected chi connectivity index (χ2v) is 7.82. The average molecular weight is 445 g/mol. The van der Waals surface area contributed by atoms with Crippen molar-refractivity contribution in [3.63, 3.8) is 0 Å². The van der Waals surface area contributed by atoms with E-state index in [1.54, 1.807) is 4.90 Å². The summed E-state index contributed by atoms with van der Waals surface area (Å²) in [7, 11) is 0. The van der Waals surface area contributed by atoms with Crippen molar-refractivity contribution in [3.8, 4) is 0 Å². The number of nitrogens with one attached hydrogen (secondary N) is 1. The van der Waals surface area contributed by atoms with E-state index >= 15 is 0 Å². The van der Waals surface area contributed by atoms with Crippen molar-refractivity contribution in [1.29, 1.82) is 0 Å². The number of anilines is 2. The van der Waals surface area contributed by atoms with Crippen LogP contribution in [0.2, 0.25) is 0 Å². The first-order chi connectivity index (χ1) is 14.5. The van der Waals surface area contributed by atoms with Crippen molar-refractivity contribution in [2.24, 2.45) is 0 Å². The Morgan fingerprint density at radius 3 is 2.26 bits per heavy atom. The molecule has 1 aromatic carbocycles. The summed E-state index contributed by atoms with van der Waals surface area (Å²) in [6.07, 6.45) is -6.86. The first-order valence-electron chi connectivity index (χ1n) is 9.88. The molecule has 1 N–H and O–H groups in total. The third-order valence-corrected chi connectivity index (χ3v) is 5.66. The van der Waals surface area contributed by atoms with E-state index < -0.39 is 23.7 Å². The van der Waals surface area contributed by atoms with Crippen LogP contribution in [-0.4, -0.2) is 42.2 Å². The molecule has 168 valence electrons. The highest BCUT2D eigenvalue weighted by Crippen LogP contribution is 2.40. The van der Waals surface area contributed by atoms with E-state index in [1.807, 2.05) is 6.92 Å². The first kappa shape index (κ1) is 21.7. The largest absolute Gasteiger partial charge is 0.451 e. The zero-order valence-corrected chi connectivity index (χ0v) is 16.7. The lowest BCUT2D eigenvalue weighted by atomic mass is 9.91. The number of hydrogen-bond donors (Lipinski definition) is 1. The molecular weight excluding hydrogens is 424 g/mol. The molecule has 4 rings (SSSR count). The summed E-state index contributed by atoms with van der Waals surface area (Å²) in [5.74, 6) is -1.25. The molecule has 2 aliphatic heterocycles. The van der Waals surface area contributed by atoms with Crippen molar-refractivity contribution < 1.29 is 26.3 Å². The maximum Gasteiger partial charge on any atom is 0.451 e. The van der Waals surface area contributed by atoms with Crippen LogP contribution in [0.3, 0.4) is 0 Å². The van der Waals surface area contributed by atoms with Gasteiger partial charge in [0.05, 0.1) is 23.6 Å². The molecule has 0 radical (unpaired) electrons. The molecule has 1 aromatic heterocycles. The minimum absolute atomic E-state index is 0.126. The Bertz CT molecular complexity index is 941. The van der Waals surface area contributed by atoms with Gasteiger partial charge < -0.3 is 15.1 Å². The Balaban J connectivity index is 1.70. The van der Waals surface area contributed by atoms with Gasteiger partial charge in [-0.3, -0.25) is 0 Å². The Kier molecular flexibility index (Phi) is 5.48. The number of halogens is 6. The molecule has 1 fully saturated rings. The van der Waals surface area contributed by atoms with Crippen molar-refractivity contribution in [2.45, 2.75) is 38.3 Å². The zero-order valence-electron chi connectivity index (χ0n) is 16.7. The summed E-state index contributed by atoms with van der Waals surface area (Å²) < 4.78 is 79.1. The maximum atomic E-state index is 13.6. The smallest absolute Gasteiger partial charge is 0.368 e. The molecule has 1 atom stereocenters. The summed E-state index contributed by atoms with van der Waals surface area (Å²) in [5.41, 5.74) is 1.22. The third-order valence-electron chi connectivity index (χ3n) is 5.66. The van der Waals surface area contributed by atoms with Crippen LogP contribution >= 0.6 is 0 Å². The summed E-state index contributed by atoms with van der Waals surface area (Å²) in [6.45, 7) is 4.41. The zero-order chi connectivity index (χ0) is 22.4. The Labute approximate surface area is 175 Å². The van der Waals surface area contributed by atoms with Gasteiger partial charge in [0.15, 0.2) is 0 Å². The highest BCUT2D eigenvalue weighted by Gasteiger charge is 2.38. The molecule has 11 heteroatoms. The van der Waals surface area contributed by atoms with Crippen molar-refractivity contribution >= 4 is 11.4 Å². The fraction of sp³-hybridized carbons (Fsp3) is 0.500. The minimum Gasteiger partial charge on any atom is -0.368 e. The molecular formula is C20H21F6N5. The number of fused-ring (bicyclic) bond motifs is 1. The second-order valence-electron chi connectivity index (χ2n) is 7.82. The van der Waals surface area contributed by atoms with Crippen LogP contribution in [0.1, 0.15) is 29.4 Å². The molecule has 1 unspecified atom stereocenters. The van der Waals surface area contributed by atoms with E-state index in [-0.39, 0.29) is 31.1 Å². The molecule has 0 saturated carbocycles. The maximum absolute atomic E-state index is 13.6. The number of benzene rings is 1. The lowest BCUT2D eigenvalue weighted by molar-refractivity contribution is -0.145. The average Bonchev–Trinajstić information content (AvgIpc) is 2.71. The van der Waals surface area contributed by atoms with Crippen LogP contribution in [0.25, 0.3) is 0 Å². The van der Waals surface area contributed by atoms with Gasteiger partial charge in [-0.2, -0.15) is 26.3 Å². The number of aromatic nitrogens is 2. The van der Waals surface area contributed by atoms with Gasteiger partial charge in [0.25, 0.3) is 0 Å². The Morgan fingerprint density at radius 2 is 1.65 bits per heavy atom. The molecule has 0 amide bonds. The van der Waals surface area contributed by atoms with Crippen LogP contribution in [0, 0.1) is 0 Å². The van der Waals surface area contributed by atoms with Gasteiger partial charge in [0.2, 0.25) is 5.82 Å². The predicted molar refractivity (Wildman–Crippen MR) is 103 cm³/mol. The van der Waals surface area contributed by atoms with Crippen molar-refractivity contribution in [1.82, 2.24) is 15.3 Å². The van der Waals surface area contributed by atoms with Crippen LogP contribution in [-0.2, 0) is 25.3 Å². The van der Waals surface area contributed by atoms with Gasteiger partial charge in [-0.15, -0.1) is 0 Å². The van der Waals surface area contributed by atoms with E-state index in [2.05, 4.69) is 20.2 Å². The predicted octanol–water partition coefficient (Wildman–Crippen LogP) is 3.88. The Hall–Kier alpha value is -2.56. The van der Waals surface area contributed by atoms with Crippen LogP contribution < -0.4 is 15.1 Å². The van der Waals surface area contributed by atoms with Gasteiger partial charge in [-0.1, -0.05) is 0 Å². The quantitative estimate of drug-likeness (QED) is 0.711. The third kappa shape index (κ3) is 4.41. The molecule has 0 spiro atoms. The highest BCUT2D eigenvalue weighted by molar-refractivity contribution is 5.63. The number of piperazine rings is 1. The molecule has 3 heterocycles. The van der Waals surface area contributed by atoms with Crippen molar-refractivity contribution in [3.05, 3.63) is 47.0 Å². The van der Waals surface area contributed by atoms with E-state index in [4.69, 9.17) is 0 Å². The molecule has 1 saturated heterocycles.